The van der Waals surface area contributed by atoms with Crippen molar-refractivity contribution in [2.75, 3.05) is 6.54 Å². The van der Waals surface area contributed by atoms with Gasteiger partial charge in [-0.2, -0.15) is 0 Å². The van der Waals surface area contributed by atoms with Gasteiger partial charge in [0.15, 0.2) is 0 Å². The molecule has 0 aromatic carbocycles. The van der Waals surface area contributed by atoms with E-state index in [1.807, 2.05) is 6.92 Å². The Morgan fingerprint density at radius 3 is 2.06 bits per heavy atom. The molecule has 0 saturated carbocycles. The molecule has 100 valence electrons. The Bertz CT molecular complexity index is 246. The van der Waals surface area contributed by atoms with Crippen LogP contribution in [0.1, 0.15) is 32.6 Å². The molecule has 0 aliphatic heterocycles. The Kier molecular flexibility index (Phi) is 9.44. The van der Waals surface area contributed by atoms with Crippen molar-refractivity contribution in [3.8, 4) is 0 Å². The molecule has 6 heteroatoms. The third kappa shape index (κ3) is 6.83. The number of aliphatic imine (C=N–C) groups is 1. The quantitative estimate of drug-likeness (QED) is 0.269. The summed E-state index contributed by atoms with van der Waals surface area (Å²) < 4.78 is 0. The Morgan fingerprint density at radius 1 is 1.06 bits per heavy atom. The molecule has 0 fully saturated rings. The lowest BCUT2D eigenvalue weighted by molar-refractivity contribution is -0.108. The highest BCUT2D eigenvalue weighted by atomic mass is 32.1. The van der Waals surface area contributed by atoms with Crippen LogP contribution in [0.4, 0.5) is 0 Å². The van der Waals surface area contributed by atoms with Crippen LogP contribution in [0.25, 0.3) is 0 Å². The van der Waals surface area contributed by atoms with Crippen LogP contribution >= 0.6 is 12.2 Å². The van der Waals surface area contributed by atoms with Crippen LogP contribution in [0.2, 0.25) is 0 Å². The van der Waals surface area contributed by atoms with E-state index in [1.54, 1.807) is 0 Å². The van der Waals surface area contributed by atoms with Gasteiger partial charge >= 0.3 is 0 Å². The Labute approximate surface area is 107 Å². The Balaban J connectivity index is 4.00. The molecule has 0 aliphatic rings. The Morgan fingerprint density at radius 2 is 1.59 bits per heavy atom. The topological polar surface area (TPSA) is 93.3 Å². The van der Waals surface area contributed by atoms with E-state index >= 15 is 0 Å². The average Bonchev–Trinajstić information content (AvgIpc) is 2.32. The standard InChI is InChI=1S/C11H21NO4S/c1-2-4-8(13)10(15)11(16)9(14)5-3-6-12-7-17/h8-11,13-16H,2-6H2,1H3. The van der Waals surface area contributed by atoms with Gasteiger partial charge in [0.2, 0.25) is 0 Å². The lowest BCUT2D eigenvalue weighted by Gasteiger charge is -2.26. The van der Waals surface area contributed by atoms with Gasteiger partial charge in [-0.25, -0.2) is 4.99 Å². The van der Waals surface area contributed by atoms with Gasteiger partial charge in [-0.05, 0) is 31.5 Å². The first-order valence-corrected chi connectivity index (χ1v) is 6.21. The molecule has 0 aromatic rings. The van der Waals surface area contributed by atoms with Gasteiger partial charge in [0.25, 0.3) is 0 Å². The molecule has 5 nitrogen and oxygen atoms in total. The molecule has 4 atom stereocenters. The maximum Gasteiger partial charge on any atom is 0.108 e. The first-order valence-electron chi connectivity index (χ1n) is 5.80. The van der Waals surface area contributed by atoms with Gasteiger partial charge in [-0.3, -0.25) is 0 Å². The highest BCUT2D eigenvalue weighted by Crippen LogP contribution is 2.12. The molecule has 0 spiro atoms. The summed E-state index contributed by atoms with van der Waals surface area (Å²) >= 11 is 4.39. The van der Waals surface area contributed by atoms with E-state index in [4.69, 9.17) is 0 Å². The molecular formula is C11H21NO4S. The summed E-state index contributed by atoms with van der Waals surface area (Å²) in [5.41, 5.74) is 0. The summed E-state index contributed by atoms with van der Waals surface area (Å²) in [7, 11) is 0. The molecule has 0 amide bonds. The molecule has 4 N–H and O–H groups in total. The number of rotatable bonds is 9. The third-order valence-corrected chi connectivity index (χ3v) is 2.69. The van der Waals surface area contributed by atoms with Gasteiger partial charge in [0, 0.05) is 6.54 Å². The molecule has 0 saturated heterocycles. The number of aliphatic hydroxyl groups is 4. The van der Waals surface area contributed by atoms with Gasteiger partial charge in [0.05, 0.1) is 17.4 Å². The molecule has 0 heterocycles. The monoisotopic (exact) mass is 263 g/mol. The van der Waals surface area contributed by atoms with E-state index in [0.717, 1.165) is 0 Å². The molecule has 0 rings (SSSR count). The number of isothiocyanates is 1. The summed E-state index contributed by atoms with van der Waals surface area (Å²) in [6, 6.07) is 0. The molecule has 4 unspecified atom stereocenters. The van der Waals surface area contributed by atoms with E-state index in [9.17, 15) is 20.4 Å². The molecule has 0 radical (unpaired) electrons. The van der Waals surface area contributed by atoms with Crippen LogP contribution in [0.3, 0.4) is 0 Å². The van der Waals surface area contributed by atoms with Crippen LogP contribution in [-0.4, -0.2) is 56.5 Å². The van der Waals surface area contributed by atoms with Crippen molar-refractivity contribution >= 4 is 17.4 Å². The second-order valence-corrected chi connectivity index (χ2v) is 4.20. The van der Waals surface area contributed by atoms with Crippen LogP contribution in [0, 0.1) is 0 Å². The van der Waals surface area contributed by atoms with Gasteiger partial charge in [-0.15, -0.1) is 0 Å². The normalized spacial score (nSPS) is 17.9. The van der Waals surface area contributed by atoms with Crippen molar-refractivity contribution in [1.82, 2.24) is 0 Å². The van der Waals surface area contributed by atoms with Crippen molar-refractivity contribution in [3.05, 3.63) is 0 Å². The van der Waals surface area contributed by atoms with Crippen molar-refractivity contribution in [2.45, 2.75) is 57.0 Å². The van der Waals surface area contributed by atoms with Gasteiger partial charge < -0.3 is 20.4 Å². The largest absolute Gasteiger partial charge is 0.390 e. The second-order valence-electron chi connectivity index (χ2n) is 4.02. The second kappa shape index (κ2) is 9.65. The zero-order valence-corrected chi connectivity index (χ0v) is 10.8. The summed E-state index contributed by atoms with van der Waals surface area (Å²) in [6.45, 7) is 2.29. The van der Waals surface area contributed by atoms with Gasteiger partial charge in [0.1, 0.15) is 12.2 Å². The smallest absolute Gasteiger partial charge is 0.108 e. The van der Waals surface area contributed by atoms with Gasteiger partial charge in [-0.1, -0.05) is 13.3 Å². The zero-order valence-electron chi connectivity index (χ0n) is 9.99. The Hall–Kier alpha value is -0.360. The van der Waals surface area contributed by atoms with Crippen molar-refractivity contribution < 1.29 is 20.4 Å². The fourth-order valence-corrected chi connectivity index (χ4v) is 1.61. The predicted molar refractivity (Wildman–Crippen MR) is 68.1 cm³/mol. The summed E-state index contributed by atoms with van der Waals surface area (Å²) in [4.78, 5) is 3.67. The minimum absolute atomic E-state index is 0.289. The maximum absolute atomic E-state index is 9.61. The van der Waals surface area contributed by atoms with E-state index in [2.05, 4.69) is 22.4 Å². The minimum atomic E-state index is -1.34. The average molecular weight is 263 g/mol. The van der Waals surface area contributed by atoms with E-state index < -0.39 is 24.4 Å². The minimum Gasteiger partial charge on any atom is -0.390 e. The summed E-state index contributed by atoms with van der Waals surface area (Å²) in [5.74, 6) is 0. The van der Waals surface area contributed by atoms with Crippen molar-refractivity contribution in [1.29, 1.82) is 0 Å². The van der Waals surface area contributed by atoms with E-state index in [-0.39, 0.29) is 6.42 Å². The third-order valence-electron chi connectivity index (χ3n) is 2.56. The lowest BCUT2D eigenvalue weighted by atomic mass is 9.97. The first-order chi connectivity index (χ1) is 8.04. The van der Waals surface area contributed by atoms with Crippen LogP contribution in [0.15, 0.2) is 4.99 Å². The van der Waals surface area contributed by atoms with Crippen molar-refractivity contribution in [3.63, 3.8) is 0 Å². The zero-order chi connectivity index (χ0) is 13.3. The summed E-state index contributed by atoms with van der Waals surface area (Å²) in [5, 5.41) is 40.5. The summed E-state index contributed by atoms with van der Waals surface area (Å²) in [6.07, 6.45) is -2.83. The molecule has 17 heavy (non-hydrogen) atoms. The molecular weight excluding hydrogens is 242 g/mol. The first kappa shape index (κ1) is 16.6. The number of nitrogens with zero attached hydrogens (tertiary/aromatic N) is 1. The molecule has 0 bridgehead atoms. The van der Waals surface area contributed by atoms with Crippen LogP contribution < -0.4 is 0 Å². The molecule has 0 aliphatic carbocycles. The SMILES string of the molecule is CCCC(O)C(O)C(O)C(O)CCCN=C=S. The van der Waals surface area contributed by atoms with Crippen LogP contribution in [0.5, 0.6) is 0 Å². The maximum atomic E-state index is 9.61. The van der Waals surface area contributed by atoms with Crippen molar-refractivity contribution in [2.24, 2.45) is 4.99 Å². The highest BCUT2D eigenvalue weighted by Gasteiger charge is 2.29. The fourth-order valence-electron chi connectivity index (χ4n) is 1.52. The fraction of sp³-hybridized carbons (Fsp3) is 0.909. The number of hydrogen-bond donors (Lipinski definition) is 4. The van der Waals surface area contributed by atoms with E-state index in [0.29, 0.717) is 25.8 Å². The predicted octanol–water partition coefficient (Wildman–Crippen LogP) is 0.113. The van der Waals surface area contributed by atoms with E-state index in [1.165, 1.54) is 0 Å². The molecule has 0 aromatic heterocycles. The number of aliphatic hydroxyl groups excluding tert-OH is 4. The number of hydrogen-bond acceptors (Lipinski definition) is 6. The number of thiocarbonyl (C=S) groups is 1. The van der Waals surface area contributed by atoms with Crippen LogP contribution in [-0.2, 0) is 0 Å². The highest BCUT2D eigenvalue weighted by molar-refractivity contribution is 7.78. The lowest BCUT2D eigenvalue weighted by Crippen LogP contribution is -2.44.